The summed E-state index contributed by atoms with van der Waals surface area (Å²) in [7, 11) is 0. The maximum atomic E-state index is 14.9. The van der Waals surface area contributed by atoms with Gasteiger partial charge in [0.1, 0.15) is 11.8 Å². The maximum absolute atomic E-state index is 14.9. The summed E-state index contributed by atoms with van der Waals surface area (Å²) in [6, 6.07) is 8.65. The predicted octanol–water partition coefficient (Wildman–Crippen LogP) is 5.34. The van der Waals surface area contributed by atoms with Gasteiger partial charge in [-0.3, -0.25) is 0 Å². The minimum atomic E-state index is -1.14. The molecule has 152 valence electrons. The largest absolute Gasteiger partial charge is 0.444 e. The van der Waals surface area contributed by atoms with Crippen molar-refractivity contribution >= 4 is 45.3 Å². The van der Waals surface area contributed by atoms with Gasteiger partial charge in [0, 0.05) is 23.7 Å². The summed E-state index contributed by atoms with van der Waals surface area (Å²) in [5.74, 6) is 0. The van der Waals surface area contributed by atoms with Gasteiger partial charge in [-0.25, -0.2) is 9.18 Å². The number of piperidine rings is 1. The van der Waals surface area contributed by atoms with Crippen molar-refractivity contribution in [2.45, 2.75) is 63.9 Å². The number of nitrogens with zero attached hydrogens (tertiary/aromatic N) is 2. The van der Waals surface area contributed by atoms with Gasteiger partial charge in [-0.1, -0.05) is 6.07 Å². The summed E-state index contributed by atoms with van der Waals surface area (Å²) in [5, 5.41) is 4.55. The molecular formula is C21H27FIN3O2. The van der Waals surface area contributed by atoms with Gasteiger partial charge in [-0.15, -0.1) is 0 Å². The van der Waals surface area contributed by atoms with Crippen molar-refractivity contribution in [3.63, 3.8) is 0 Å². The van der Waals surface area contributed by atoms with E-state index in [9.17, 15) is 9.18 Å². The second-order valence-electron chi connectivity index (χ2n) is 8.79. The first-order valence-electron chi connectivity index (χ1n) is 9.91. The molecule has 2 atom stereocenters. The number of benzene rings is 1. The molecule has 1 aromatic heterocycles. The molecule has 7 heteroatoms. The molecule has 2 aromatic rings. The third kappa shape index (κ3) is 4.09. The van der Waals surface area contributed by atoms with Crippen LogP contribution in [0.3, 0.4) is 0 Å². The summed E-state index contributed by atoms with van der Waals surface area (Å²) >= 11 is 2.38. The summed E-state index contributed by atoms with van der Waals surface area (Å²) in [4.78, 5) is 13.7. The number of likely N-dealkylation sites (tertiary alicyclic amines) is 1. The van der Waals surface area contributed by atoms with Crippen LogP contribution in [0, 0.1) is 3.70 Å². The van der Waals surface area contributed by atoms with Crippen molar-refractivity contribution in [2.24, 2.45) is 0 Å². The van der Waals surface area contributed by atoms with Gasteiger partial charge in [0.2, 0.25) is 0 Å². The Kier molecular flexibility index (Phi) is 5.22. The molecule has 0 radical (unpaired) electrons. The molecule has 4 rings (SSSR count). The van der Waals surface area contributed by atoms with E-state index >= 15 is 0 Å². The van der Waals surface area contributed by atoms with E-state index in [1.165, 1.54) is 27.0 Å². The van der Waals surface area contributed by atoms with Crippen LogP contribution in [-0.4, -0.2) is 46.5 Å². The summed E-state index contributed by atoms with van der Waals surface area (Å²) in [5.41, 5.74) is 1.60. The number of hydrogen-bond donors (Lipinski definition) is 1. The number of halogens is 2. The Balaban J connectivity index is 1.47. The quantitative estimate of drug-likeness (QED) is 0.581. The zero-order chi connectivity index (χ0) is 20.1. The van der Waals surface area contributed by atoms with E-state index in [2.05, 4.69) is 44.6 Å². The number of nitrogens with one attached hydrogen (secondary N) is 1. The molecule has 5 nitrogen and oxygen atoms in total. The van der Waals surface area contributed by atoms with E-state index in [1.54, 1.807) is 0 Å². The Hall–Kier alpha value is -1.51. The average Bonchev–Trinajstić information content (AvgIpc) is 3.37. The zero-order valence-electron chi connectivity index (χ0n) is 16.5. The van der Waals surface area contributed by atoms with Crippen LogP contribution in [0.4, 0.5) is 14.9 Å². The molecule has 28 heavy (non-hydrogen) atoms. The number of hydrogen-bond acceptors (Lipinski definition) is 3. The van der Waals surface area contributed by atoms with E-state index in [-0.39, 0.29) is 12.6 Å². The number of amides is 1. The highest BCUT2D eigenvalue weighted by molar-refractivity contribution is 14.1. The minimum Gasteiger partial charge on any atom is -0.444 e. The molecule has 2 fully saturated rings. The van der Waals surface area contributed by atoms with Crippen LogP contribution in [0.1, 0.15) is 46.1 Å². The SMILES string of the molecule is CC(C)(C)OC(=O)N1CCC(Nc2cccc3c2cc(I)n3C2CC2)C(F)C1. The fourth-order valence-corrected chi connectivity index (χ4v) is 4.77. The van der Waals surface area contributed by atoms with Crippen LogP contribution >= 0.6 is 22.6 Å². The molecule has 2 unspecified atom stereocenters. The van der Waals surface area contributed by atoms with Gasteiger partial charge in [-0.2, -0.15) is 0 Å². The topological polar surface area (TPSA) is 46.5 Å². The minimum absolute atomic E-state index is 0.0587. The van der Waals surface area contributed by atoms with Gasteiger partial charge >= 0.3 is 6.09 Å². The highest BCUT2D eigenvalue weighted by Gasteiger charge is 2.34. The number of alkyl halides is 1. The van der Waals surface area contributed by atoms with Gasteiger partial charge < -0.3 is 19.5 Å². The first-order chi connectivity index (χ1) is 13.2. The Labute approximate surface area is 178 Å². The van der Waals surface area contributed by atoms with Crippen molar-refractivity contribution in [2.75, 3.05) is 18.4 Å². The molecular weight excluding hydrogens is 472 g/mol. The smallest absolute Gasteiger partial charge is 0.410 e. The van der Waals surface area contributed by atoms with Crippen LogP contribution < -0.4 is 5.32 Å². The molecule has 2 heterocycles. The fourth-order valence-electron chi connectivity index (χ4n) is 3.81. The second kappa shape index (κ2) is 7.39. The van der Waals surface area contributed by atoms with Crippen LogP contribution in [0.5, 0.6) is 0 Å². The normalized spacial score (nSPS) is 23.1. The molecule has 1 amide bonds. The molecule has 1 saturated carbocycles. The molecule has 1 saturated heterocycles. The fraction of sp³-hybridized carbons (Fsp3) is 0.571. The van der Waals surface area contributed by atoms with Crippen LogP contribution in [0.25, 0.3) is 10.9 Å². The van der Waals surface area contributed by atoms with Crippen molar-refractivity contribution in [3.05, 3.63) is 28.0 Å². The lowest BCUT2D eigenvalue weighted by Gasteiger charge is -2.36. The Bertz CT molecular complexity index is 888. The first-order valence-corrected chi connectivity index (χ1v) is 11.0. The van der Waals surface area contributed by atoms with E-state index in [4.69, 9.17) is 4.74 Å². The second-order valence-corrected chi connectivity index (χ2v) is 9.89. The van der Waals surface area contributed by atoms with Crippen molar-refractivity contribution in [1.82, 2.24) is 9.47 Å². The zero-order valence-corrected chi connectivity index (χ0v) is 18.7. The first kappa shape index (κ1) is 19.8. The molecule has 1 aliphatic heterocycles. The van der Waals surface area contributed by atoms with Crippen LogP contribution in [0.2, 0.25) is 0 Å². The van der Waals surface area contributed by atoms with Crippen LogP contribution in [0.15, 0.2) is 24.3 Å². The van der Waals surface area contributed by atoms with Crippen molar-refractivity contribution < 1.29 is 13.9 Å². The number of rotatable bonds is 3. The summed E-state index contributed by atoms with van der Waals surface area (Å²) in [6.07, 6.45) is 1.44. The third-order valence-corrected chi connectivity index (χ3v) is 6.11. The number of carbonyl (C=O) groups is 1. The number of ether oxygens (including phenoxy) is 1. The van der Waals surface area contributed by atoms with Gasteiger partial charge in [0.15, 0.2) is 0 Å². The van der Waals surface area contributed by atoms with E-state index < -0.39 is 17.9 Å². The average molecular weight is 499 g/mol. The van der Waals surface area contributed by atoms with Crippen LogP contribution in [-0.2, 0) is 4.74 Å². The maximum Gasteiger partial charge on any atom is 0.410 e. The Morgan fingerprint density at radius 3 is 2.68 bits per heavy atom. The van der Waals surface area contributed by atoms with E-state index in [0.29, 0.717) is 19.0 Å². The molecule has 1 aliphatic carbocycles. The number of carbonyl (C=O) groups excluding carboxylic acids is 1. The highest BCUT2D eigenvalue weighted by atomic mass is 127. The Morgan fingerprint density at radius 2 is 2.04 bits per heavy atom. The number of anilines is 1. The lowest BCUT2D eigenvalue weighted by Crippen LogP contribution is -2.51. The van der Waals surface area contributed by atoms with Gasteiger partial charge in [0.25, 0.3) is 0 Å². The lowest BCUT2D eigenvalue weighted by atomic mass is 10.0. The van der Waals surface area contributed by atoms with E-state index in [1.807, 2.05) is 32.9 Å². The molecule has 0 bridgehead atoms. The summed E-state index contributed by atoms with van der Waals surface area (Å²) < 4.78 is 23.9. The number of fused-ring (bicyclic) bond motifs is 1. The monoisotopic (exact) mass is 499 g/mol. The molecule has 0 spiro atoms. The molecule has 1 N–H and O–H groups in total. The lowest BCUT2D eigenvalue weighted by molar-refractivity contribution is 0.0125. The van der Waals surface area contributed by atoms with Gasteiger partial charge in [-0.05, 0) is 80.8 Å². The number of aromatic nitrogens is 1. The van der Waals surface area contributed by atoms with E-state index in [0.717, 1.165) is 11.1 Å². The molecule has 1 aromatic carbocycles. The predicted molar refractivity (Wildman–Crippen MR) is 118 cm³/mol. The molecule has 2 aliphatic rings. The third-order valence-electron chi connectivity index (χ3n) is 5.28. The van der Waals surface area contributed by atoms with Crippen molar-refractivity contribution in [1.29, 1.82) is 0 Å². The highest BCUT2D eigenvalue weighted by Crippen LogP contribution is 2.41. The Morgan fingerprint density at radius 1 is 1.29 bits per heavy atom. The summed E-state index contributed by atoms with van der Waals surface area (Å²) in [6.45, 7) is 6.01. The van der Waals surface area contributed by atoms with Gasteiger partial charge in [0.05, 0.1) is 21.8 Å². The van der Waals surface area contributed by atoms with Crippen molar-refractivity contribution in [3.8, 4) is 0 Å². The standard InChI is InChI=1S/C21H27FIN3O2/c1-21(2,3)28-20(27)25-10-9-17(15(22)12-25)24-16-5-4-6-18-14(16)11-19(23)26(18)13-7-8-13/h4-6,11,13,15,17,24H,7-10,12H2,1-3H3.